The molecule has 27 heavy (non-hydrogen) atoms. The SMILES string of the molecule is O=C(NCCc1ccccc1)C1CCN(C(=O)c2ccc3nsnc3c2)C1. The first-order valence-electron chi connectivity index (χ1n) is 9.04. The second-order valence-corrected chi connectivity index (χ2v) is 7.26. The Kier molecular flexibility index (Phi) is 5.11. The van der Waals surface area contributed by atoms with Gasteiger partial charge in [0, 0.05) is 25.2 Å². The summed E-state index contributed by atoms with van der Waals surface area (Å²) in [7, 11) is 0. The fourth-order valence-electron chi connectivity index (χ4n) is 3.38. The van der Waals surface area contributed by atoms with Crippen LogP contribution in [0.3, 0.4) is 0 Å². The number of nitrogens with zero attached hydrogens (tertiary/aromatic N) is 3. The molecule has 7 heteroatoms. The molecule has 4 rings (SSSR count). The van der Waals surface area contributed by atoms with Gasteiger partial charge in [-0.1, -0.05) is 30.3 Å². The van der Waals surface area contributed by atoms with Crippen LogP contribution in [0.25, 0.3) is 11.0 Å². The molecule has 1 aromatic heterocycles. The number of hydrogen-bond acceptors (Lipinski definition) is 5. The quantitative estimate of drug-likeness (QED) is 0.738. The first kappa shape index (κ1) is 17.6. The zero-order valence-electron chi connectivity index (χ0n) is 14.8. The summed E-state index contributed by atoms with van der Waals surface area (Å²) in [5.74, 6) is -0.167. The number of likely N-dealkylation sites (tertiary alicyclic amines) is 1. The normalized spacial score (nSPS) is 16.6. The number of hydrogen-bond donors (Lipinski definition) is 1. The van der Waals surface area contributed by atoms with Gasteiger partial charge in [-0.25, -0.2) is 0 Å². The van der Waals surface area contributed by atoms with Crippen LogP contribution < -0.4 is 5.32 Å². The van der Waals surface area contributed by atoms with Crippen molar-refractivity contribution < 1.29 is 9.59 Å². The van der Waals surface area contributed by atoms with Crippen molar-refractivity contribution in [3.63, 3.8) is 0 Å². The summed E-state index contributed by atoms with van der Waals surface area (Å²) >= 11 is 1.14. The van der Waals surface area contributed by atoms with Gasteiger partial charge in [-0.2, -0.15) is 8.75 Å². The number of amides is 2. The molecule has 2 aromatic carbocycles. The van der Waals surface area contributed by atoms with Crippen molar-refractivity contribution in [2.75, 3.05) is 19.6 Å². The van der Waals surface area contributed by atoms with Gasteiger partial charge in [-0.3, -0.25) is 9.59 Å². The van der Waals surface area contributed by atoms with Gasteiger partial charge in [0.1, 0.15) is 11.0 Å². The molecule has 0 saturated carbocycles. The molecule has 1 aliphatic rings. The van der Waals surface area contributed by atoms with Crippen molar-refractivity contribution in [1.82, 2.24) is 19.0 Å². The van der Waals surface area contributed by atoms with E-state index in [4.69, 9.17) is 0 Å². The summed E-state index contributed by atoms with van der Waals surface area (Å²) in [5, 5.41) is 3.00. The summed E-state index contributed by atoms with van der Waals surface area (Å²) in [4.78, 5) is 26.9. The van der Waals surface area contributed by atoms with E-state index in [0.717, 1.165) is 29.2 Å². The van der Waals surface area contributed by atoms with Crippen LogP contribution in [0.5, 0.6) is 0 Å². The Morgan fingerprint density at radius 3 is 2.78 bits per heavy atom. The lowest BCUT2D eigenvalue weighted by atomic mass is 10.1. The molecule has 1 aliphatic heterocycles. The second-order valence-electron chi connectivity index (χ2n) is 6.73. The molecule has 2 heterocycles. The molecule has 1 unspecified atom stereocenters. The van der Waals surface area contributed by atoms with E-state index in [2.05, 4.69) is 26.2 Å². The minimum atomic E-state index is -0.144. The zero-order valence-corrected chi connectivity index (χ0v) is 15.6. The van der Waals surface area contributed by atoms with E-state index in [1.165, 1.54) is 5.56 Å². The van der Waals surface area contributed by atoms with Crippen LogP contribution in [-0.4, -0.2) is 45.1 Å². The Balaban J connectivity index is 1.31. The molecule has 1 atom stereocenters. The fraction of sp³-hybridized carbons (Fsp3) is 0.300. The van der Waals surface area contributed by atoms with E-state index >= 15 is 0 Å². The summed E-state index contributed by atoms with van der Waals surface area (Å²) in [6.45, 7) is 1.67. The van der Waals surface area contributed by atoms with Crippen molar-refractivity contribution in [3.05, 3.63) is 59.7 Å². The number of rotatable bonds is 5. The lowest BCUT2D eigenvalue weighted by Gasteiger charge is -2.16. The molecule has 6 nitrogen and oxygen atoms in total. The van der Waals surface area contributed by atoms with Crippen molar-refractivity contribution in [2.45, 2.75) is 12.8 Å². The van der Waals surface area contributed by atoms with E-state index in [-0.39, 0.29) is 17.7 Å². The first-order valence-corrected chi connectivity index (χ1v) is 9.77. The number of fused-ring (bicyclic) bond motifs is 1. The minimum absolute atomic E-state index is 0.0281. The second kappa shape index (κ2) is 7.84. The van der Waals surface area contributed by atoms with Gasteiger partial charge >= 0.3 is 0 Å². The Bertz CT molecular complexity index is 957. The van der Waals surface area contributed by atoms with Crippen LogP contribution in [0.1, 0.15) is 22.3 Å². The first-order chi connectivity index (χ1) is 13.2. The molecule has 0 radical (unpaired) electrons. The highest BCUT2D eigenvalue weighted by Gasteiger charge is 2.31. The molecule has 1 fully saturated rings. The van der Waals surface area contributed by atoms with Gasteiger partial charge in [0.15, 0.2) is 0 Å². The van der Waals surface area contributed by atoms with Gasteiger partial charge in [0.2, 0.25) is 5.91 Å². The molecule has 2 amide bonds. The number of benzene rings is 2. The molecular formula is C20H20N4O2S. The third-order valence-electron chi connectivity index (χ3n) is 4.90. The smallest absolute Gasteiger partial charge is 0.253 e. The van der Waals surface area contributed by atoms with Crippen molar-refractivity contribution in [2.24, 2.45) is 5.92 Å². The lowest BCUT2D eigenvalue weighted by molar-refractivity contribution is -0.124. The van der Waals surface area contributed by atoms with Crippen LogP contribution in [0, 0.1) is 5.92 Å². The molecule has 1 N–H and O–H groups in total. The predicted octanol–water partition coefficient (Wildman–Crippen LogP) is 2.51. The van der Waals surface area contributed by atoms with Gasteiger partial charge in [0.25, 0.3) is 5.91 Å². The number of carbonyl (C=O) groups excluding carboxylic acids is 2. The maximum Gasteiger partial charge on any atom is 0.253 e. The topological polar surface area (TPSA) is 75.2 Å². The minimum Gasteiger partial charge on any atom is -0.355 e. The van der Waals surface area contributed by atoms with E-state index in [0.29, 0.717) is 31.6 Å². The number of aromatic nitrogens is 2. The Morgan fingerprint density at radius 1 is 1.11 bits per heavy atom. The van der Waals surface area contributed by atoms with Crippen molar-refractivity contribution >= 4 is 34.6 Å². The maximum atomic E-state index is 12.7. The molecular weight excluding hydrogens is 360 g/mol. The third kappa shape index (κ3) is 3.98. The molecule has 3 aromatic rings. The predicted molar refractivity (Wildman–Crippen MR) is 105 cm³/mol. The summed E-state index contributed by atoms with van der Waals surface area (Å²) in [6, 6.07) is 15.4. The monoisotopic (exact) mass is 380 g/mol. The highest BCUT2D eigenvalue weighted by molar-refractivity contribution is 7.00. The largest absolute Gasteiger partial charge is 0.355 e. The maximum absolute atomic E-state index is 12.7. The summed E-state index contributed by atoms with van der Waals surface area (Å²) in [6.07, 6.45) is 1.51. The molecule has 1 saturated heterocycles. The fourth-order valence-corrected chi connectivity index (χ4v) is 3.89. The van der Waals surface area contributed by atoms with Crippen LogP contribution in [0.4, 0.5) is 0 Å². The Labute approximate surface area is 161 Å². The summed E-state index contributed by atoms with van der Waals surface area (Å²) < 4.78 is 8.34. The Morgan fingerprint density at radius 2 is 1.93 bits per heavy atom. The number of nitrogens with one attached hydrogen (secondary N) is 1. The van der Waals surface area contributed by atoms with Gasteiger partial charge < -0.3 is 10.2 Å². The molecule has 138 valence electrons. The van der Waals surface area contributed by atoms with Crippen LogP contribution in [0.15, 0.2) is 48.5 Å². The standard InChI is InChI=1S/C20H20N4O2S/c25-19(21-10-8-14-4-2-1-3-5-14)16-9-11-24(13-16)20(26)15-6-7-17-18(12-15)23-27-22-17/h1-7,12,16H,8-11,13H2,(H,21,25). The van der Waals surface area contributed by atoms with E-state index in [1.807, 2.05) is 24.3 Å². The zero-order chi connectivity index (χ0) is 18.6. The van der Waals surface area contributed by atoms with Gasteiger partial charge in [-0.15, -0.1) is 0 Å². The van der Waals surface area contributed by atoms with E-state index < -0.39 is 0 Å². The Hall–Kier alpha value is -2.80. The highest BCUT2D eigenvalue weighted by Crippen LogP contribution is 2.21. The molecule has 0 spiro atoms. The van der Waals surface area contributed by atoms with Gasteiger partial charge in [-0.05, 0) is 36.6 Å². The van der Waals surface area contributed by atoms with Gasteiger partial charge in [0.05, 0.1) is 17.6 Å². The lowest BCUT2D eigenvalue weighted by Crippen LogP contribution is -2.35. The average molecular weight is 380 g/mol. The van der Waals surface area contributed by atoms with Crippen molar-refractivity contribution in [3.8, 4) is 0 Å². The number of carbonyl (C=O) groups is 2. The van der Waals surface area contributed by atoms with E-state index in [1.54, 1.807) is 17.0 Å². The average Bonchev–Trinajstić information content (AvgIpc) is 3.37. The highest BCUT2D eigenvalue weighted by atomic mass is 32.1. The van der Waals surface area contributed by atoms with Crippen LogP contribution in [-0.2, 0) is 11.2 Å². The third-order valence-corrected chi connectivity index (χ3v) is 5.46. The molecule has 0 aliphatic carbocycles. The van der Waals surface area contributed by atoms with Crippen molar-refractivity contribution in [1.29, 1.82) is 0 Å². The van der Waals surface area contributed by atoms with Crippen LogP contribution >= 0.6 is 11.7 Å². The molecule has 0 bridgehead atoms. The van der Waals surface area contributed by atoms with Crippen LogP contribution in [0.2, 0.25) is 0 Å². The summed E-state index contributed by atoms with van der Waals surface area (Å²) in [5.41, 5.74) is 3.34. The van der Waals surface area contributed by atoms with E-state index in [9.17, 15) is 9.59 Å².